The summed E-state index contributed by atoms with van der Waals surface area (Å²) in [5.74, 6) is 4.88. The second kappa shape index (κ2) is 16.3. The van der Waals surface area contributed by atoms with Crippen molar-refractivity contribution >= 4 is 5.97 Å². The van der Waals surface area contributed by atoms with Gasteiger partial charge in [-0.15, -0.1) is 0 Å². The van der Waals surface area contributed by atoms with Crippen LogP contribution in [0, 0.1) is 29.6 Å². The van der Waals surface area contributed by atoms with Crippen LogP contribution in [0.25, 0.3) is 0 Å². The summed E-state index contributed by atoms with van der Waals surface area (Å²) in [7, 11) is 0. The third kappa shape index (κ3) is 9.50. The monoisotopic (exact) mass is 474 g/mol. The first-order chi connectivity index (χ1) is 16.7. The Morgan fingerprint density at radius 1 is 0.618 bits per heavy atom. The summed E-state index contributed by atoms with van der Waals surface area (Å²) in [4.78, 5) is 12.4. The molecule has 0 aliphatic heterocycles. The number of fused-ring (bicyclic) bond motifs is 3. The van der Waals surface area contributed by atoms with E-state index in [9.17, 15) is 4.79 Å². The molecule has 3 fully saturated rings. The smallest absolute Gasteiger partial charge is 0.306 e. The molecule has 3 aliphatic rings. The van der Waals surface area contributed by atoms with Crippen LogP contribution in [0.5, 0.6) is 0 Å². The number of carbonyl (C=O) groups excluding carboxylic acids is 1. The van der Waals surface area contributed by atoms with E-state index in [4.69, 9.17) is 4.74 Å². The lowest BCUT2D eigenvalue weighted by atomic mass is 9.56. The van der Waals surface area contributed by atoms with Gasteiger partial charge in [-0.3, -0.25) is 4.79 Å². The predicted molar refractivity (Wildman–Crippen MR) is 145 cm³/mol. The lowest BCUT2D eigenvalue weighted by molar-refractivity contribution is -0.153. The van der Waals surface area contributed by atoms with Gasteiger partial charge in [0.25, 0.3) is 0 Å². The van der Waals surface area contributed by atoms with Crippen LogP contribution in [-0.4, -0.2) is 12.1 Å². The van der Waals surface area contributed by atoms with Gasteiger partial charge in [-0.25, -0.2) is 0 Å². The first-order valence-electron chi connectivity index (χ1n) is 15.9. The van der Waals surface area contributed by atoms with Crippen molar-refractivity contribution in [2.45, 2.75) is 168 Å². The number of ether oxygens (including phenoxy) is 1. The molecular weight excluding hydrogens is 416 g/mol. The fourth-order valence-electron chi connectivity index (χ4n) is 7.90. The molecule has 34 heavy (non-hydrogen) atoms. The van der Waals surface area contributed by atoms with E-state index in [0.29, 0.717) is 6.42 Å². The molecule has 0 spiro atoms. The van der Waals surface area contributed by atoms with Crippen molar-refractivity contribution in [2.75, 3.05) is 0 Å². The highest BCUT2D eigenvalue weighted by atomic mass is 16.5. The maximum Gasteiger partial charge on any atom is 0.306 e. The largest absolute Gasteiger partial charge is 0.462 e. The number of carbonyl (C=O) groups is 1. The van der Waals surface area contributed by atoms with Crippen LogP contribution < -0.4 is 0 Å². The van der Waals surface area contributed by atoms with E-state index in [1.165, 1.54) is 122 Å². The van der Waals surface area contributed by atoms with Gasteiger partial charge in [-0.05, 0) is 81.0 Å². The minimum Gasteiger partial charge on any atom is -0.462 e. The average Bonchev–Trinajstić information content (AvgIpc) is 2.85. The standard InChI is InChI=1S/C32H58O2/c1-3-5-7-9-11-13-15-17-32(33)34-29-21-23-31-28(25-29)20-19-27-24-26(18-22-30(27)31)16-14-12-10-8-6-4-2/h26-31H,3-25H2,1-2H3/t26-,27?,28?,29-,30?,31?/m0/s1. The lowest BCUT2D eigenvalue weighted by Gasteiger charge is -2.50. The van der Waals surface area contributed by atoms with E-state index in [2.05, 4.69) is 13.8 Å². The van der Waals surface area contributed by atoms with Crippen molar-refractivity contribution in [3.63, 3.8) is 0 Å². The van der Waals surface area contributed by atoms with E-state index in [1.54, 1.807) is 0 Å². The Balaban J connectivity index is 1.28. The normalized spacial score (nSPS) is 31.0. The van der Waals surface area contributed by atoms with Crippen LogP contribution in [0.3, 0.4) is 0 Å². The van der Waals surface area contributed by atoms with Crippen molar-refractivity contribution in [2.24, 2.45) is 29.6 Å². The molecule has 0 saturated heterocycles. The average molecular weight is 475 g/mol. The van der Waals surface area contributed by atoms with Crippen LogP contribution >= 0.6 is 0 Å². The summed E-state index contributed by atoms with van der Waals surface area (Å²) in [6.07, 6.45) is 30.8. The van der Waals surface area contributed by atoms with Crippen LogP contribution in [0.15, 0.2) is 0 Å². The maximum atomic E-state index is 12.4. The van der Waals surface area contributed by atoms with Gasteiger partial charge in [-0.1, -0.05) is 104 Å². The Morgan fingerprint density at radius 2 is 1.18 bits per heavy atom. The molecule has 0 heterocycles. The highest BCUT2D eigenvalue weighted by Crippen LogP contribution is 2.53. The van der Waals surface area contributed by atoms with Gasteiger partial charge in [0.1, 0.15) is 6.10 Å². The summed E-state index contributed by atoms with van der Waals surface area (Å²) < 4.78 is 5.98. The van der Waals surface area contributed by atoms with Crippen molar-refractivity contribution < 1.29 is 9.53 Å². The number of rotatable bonds is 16. The molecule has 6 atom stereocenters. The molecule has 3 rings (SSSR count). The highest BCUT2D eigenvalue weighted by Gasteiger charge is 2.44. The van der Waals surface area contributed by atoms with Crippen LogP contribution in [-0.2, 0) is 9.53 Å². The summed E-state index contributed by atoms with van der Waals surface area (Å²) >= 11 is 0. The second-order valence-corrected chi connectivity index (χ2v) is 12.5. The van der Waals surface area contributed by atoms with Gasteiger partial charge >= 0.3 is 5.97 Å². The Morgan fingerprint density at radius 3 is 1.85 bits per heavy atom. The molecule has 0 aromatic rings. The van der Waals surface area contributed by atoms with Crippen molar-refractivity contribution in [1.82, 2.24) is 0 Å². The number of unbranched alkanes of at least 4 members (excludes halogenated alkanes) is 11. The summed E-state index contributed by atoms with van der Waals surface area (Å²) in [5, 5.41) is 0. The molecule has 4 unspecified atom stereocenters. The molecular formula is C32H58O2. The van der Waals surface area contributed by atoms with Gasteiger partial charge in [0.2, 0.25) is 0 Å². The first-order valence-corrected chi connectivity index (χ1v) is 15.9. The fourth-order valence-corrected chi connectivity index (χ4v) is 7.90. The minimum atomic E-state index is 0.0842. The van der Waals surface area contributed by atoms with E-state index < -0.39 is 0 Å². The van der Waals surface area contributed by atoms with Gasteiger partial charge < -0.3 is 4.74 Å². The molecule has 2 heteroatoms. The van der Waals surface area contributed by atoms with Crippen LogP contribution in [0.2, 0.25) is 0 Å². The zero-order valence-corrected chi connectivity index (χ0v) is 23.0. The molecule has 0 aromatic carbocycles. The van der Waals surface area contributed by atoms with Crippen LogP contribution in [0.4, 0.5) is 0 Å². The number of hydrogen-bond acceptors (Lipinski definition) is 2. The summed E-state index contributed by atoms with van der Waals surface area (Å²) in [5.41, 5.74) is 0. The Hall–Kier alpha value is -0.530. The Labute approximate surface area is 212 Å². The molecule has 3 aliphatic carbocycles. The van der Waals surface area contributed by atoms with Gasteiger partial charge in [0.15, 0.2) is 0 Å². The highest BCUT2D eigenvalue weighted by molar-refractivity contribution is 5.69. The fraction of sp³-hybridized carbons (Fsp3) is 0.969. The molecule has 0 amide bonds. The number of hydrogen-bond donors (Lipinski definition) is 0. The molecule has 3 saturated carbocycles. The van der Waals surface area contributed by atoms with E-state index in [-0.39, 0.29) is 12.1 Å². The van der Waals surface area contributed by atoms with Crippen molar-refractivity contribution in [1.29, 1.82) is 0 Å². The third-order valence-electron chi connectivity index (χ3n) is 9.85. The zero-order valence-electron chi connectivity index (χ0n) is 23.0. The van der Waals surface area contributed by atoms with Crippen molar-refractivity contribution in [3.05, 3.63) is 0 Å². The molecule has 0 radical (unpaired) electrons. The number of esters is 1. The predicted octanol–water partition coefficient (Wildman–Crippen LogP) is 10.0. The quantitative estimate of drug-likeness (QED) is 0.164. The topological polar surface area (TPSA) is 26.3 Å². The van der Waals surface area contributed by atoms with Crippen molar-refractivity contribution in [3.8, 4) is 0 Å². The second-order valence-electron chi connectivity index (χ2n) is 12.5. The van der Waals surface area contributed by atoms with Gasteiger partial charge in [-0.2, -0.15) is 0 Å². The van der Waals surface area contributed by atoms with E-state index in [0.717, 1.165) is 48.9 Å². The maximum absolute atomic E-state index is 12.4. The van der Waals surface area contributed by atoms with Gasteiger partial charge in [0, 0.05) is 6.42 Å². The minimum absolute atomic E-state index is 0.0842. The van der Waals surface area contributed by atoms with E-state index in [1.807, 2.05) is 0 Å². The molecule has 198 valence electrons. The van der Waals surface area contributed by atoms with Gasteiger partial charge in [0.05, 0.1) is 0 Å². The third-order valence-corrected chi connectivity index (χ3v) is 9.85. The summed E-state index contributed by atoms with van der Waals surface area (Å²) in [6, 6.07) is 0. The first kappa shape index (κ1) is 28.0. The zero-order chi connectivity index (χ0) is 24.0. The lowest BCUT2D eigenvalue weighted by Crippen LogP contribution is -2.43. The SMILES string of the molecule is CCCCCCCCCC(=O)O[C@H]1CCC2C(CCC3C[C@@H](CCCCCCCC)CCC32)C1. The van der Waals surface area contributed by atoms with Crippen LogP contribution in [0.1, 0.15) is 162 Å². The molecule has 0 aromatic heterocycles. The Kier molecular flexibility index (Phi) is 13.4. The van der Waals surface area contributed by atoms with E-state index >= 15 is 0 Å². The molecule has 0 N–H and O–H groups in total. The summed E-state index contributed by atoms with van der Waals surface area (Å²) in [6.45, 7) is 4.57. The molecule has 2 nitrogen and oxygen atoms in total. The molecule has 0 bridgehead atoms. The Bertz CT molecular complexity index is 543.